The number of para-hydroxylation sites is 1. The van der Waals surface area contributed by atoms with E-state index < -0.39 is 0 Å². The van der Waals surface area contributed by atoms with Crippen LogP contribution in [0.15, 0.2) is 48.5 Å². The van der Waals surface area contributed by atoms with E-state index in [2.05, 4.69) is 15.7 Å². The molecule has 158 valence electrons. The molecule has 0 saturated heterocycles. The molecule has 7 nitrogen and oxygen atoms in total. The highest BCUT2D eigenvalue weighted by Gasteiger charge is 2.16. The van der Waals surface area contributed by atoms with Crippen LogP contribution < -0.4 is 20.1 Å². The predicted molar refractivity (Wildman–Crippen MR) is 116 cm³/mol. The lowest BCUT2D eigenvalue weighted by Crippen LogP contribution is -2.36. The van der Waals surface area contributed by atoms with E-state index in [1.807, 2.05) is 74.0 Å². The van der Waals surface area contributed by atoms with Crippen molar-refractivity contribution in [2.24, 2.45) is 0 Å². The Kier molecular flexibility index (Phi) is 6.61. The van der Waals surface area contributed by atoms with Gasteiger partial charge in [0, 0.05) is 17.8 Å². The lowest BCUT2D eigenvalue weighted by atomic mass is 10.1. The van der Waals surface area contributed by atoms with Crippen LogP contribution in [0.25, 0.3) is 5.69 Å². The number of carbonyl (C=O) groups is 1. The summed E-state index contributed by atoms with van der Waals surface area (Å²) in [6, 6.07) is 15.1. The van der Waals surface area contributed by atoms with Gasteiger partial charge >= 0.3 is 6.03 Å². The van der Waals surface area contributed by atoms with Crippen molar-refractivity contribution in [2.75, 3.05) is 14.2 Å². The molecular weight excluding hydrogens is 380 g/mol. The number of benzene rings is 2. The Bertz CT molecular complexity index is 1010. The lowest BCUT2D eigenvalue weighted by molar-refractivity contribution is 0.237. The van der Waals surface area contributed by atoms with Crippen molar-refractivity contribution in [3.63, 3.8) is 0 Å². The first-order valence-electron chi connectivity index (χ1n) is 9.81. The van der Waals surface area contributed by atoms with Gasteiger partial charge in [-0.25, -0.2) is 9.48 Å². The largest absolute Gasteiger partial charge is 0.493 e. The van der Waals surface area contributed by atoms with Gasteiger partial charge in [-0.15, -0.1) is 0 Å². The number of amides is 2. The number of urea groups is 1. The number of rotatable bonds is 7. The van der Waals surface area contributed by atoms with E-state index in [4.69, 9.17) is 9.47 Å². The smallest absolute Gasteiger partial charge is 0.315 e. The third-order valence-electron chi connectivity index (χ3n) is 5.12. The standard InChI is InChI=1S/C23H28N4O3/c1-15(18-11-12-21(29-4)22(13-18)30-5)25-23(28)24-14-20-16(2)26-27(17(20)3)19-9-7-6-8-10-19/h6-13,15H,14H2,1-5H3,(H2,24,25,28). The Morgan fingerprint density at radius 1 is 1.07 bits per heavy atom. The molecule has 0 bridgehead atoms. The molecule has 2 N–H and O–H groups in total. The first-order valence-corrected chi connectivity index (χ1v) is 9.81. The number of carbonyl (C=O) groups excluding carboxylic acids is 1. The minimum Gasteiger partial charge on any atom is -0.493 e. The Morgan fingerprint density at radius 3 is 2.43 bits per heavy atom. The summed E-state index contributed by atoms with van der Waals surface area (Å²) >= 11 is 0. The number of hydrogen-bond acceptors (Lipinski definition) is 4. The summed E-state index contributed by atoms with van der Waals surface area (Å²) in [5.41, 5.74) is 4.83. The van der Waals surface area contributed by atoms with Gasteiger partial charge in [0.15, 0.2) is 11.5 Å². The molecule has 2 amide bonds. The lowest BCUT2D eigenvalue weighted by Gasteiger charge is -2.17. The highest BCUT2D eigenvalue weighted by atomic mass is 16.5. The zero-order valence-electron chi connectivity index (χ0n) is 18.0. The van der Waals surface area contributed by atoms with Crippen LogP contribution >= 0.6 is 0 Å². The number of aromatic nitrogens is 2. The highest BCUT2D eigenvalue weighted by molar-refractivity contribution is 5.74. The maximum atomic E-state index is 12.5. The fourth-order valence-corrected chi connectivity index (χ4v) is 3.37. The summed E-state index contributed by atoms with van der Waals surface area (Å²) in [5.74, 6) is 1.28. The molecule has 2 aromatic carbocycles. The Hall–Kier alpha value is -3.48. The highest BCUT2D eigenvalue weighted by Crippen LogP contribution is 2.29. The fraction of sp³-hybridized carbons (Fsp3) is 0.304. The van der Waals surface area contributed by atoms with Gasteiger partial charge in [0.2, 0.25) is 0 Å². The molecule has 0 radical (unpaired) electrons. The number of methoxy groups -OCH3 is 2. The van der Waals surface area contributed by atoms with Crippen LogP contribution in [-0.4, -0.2) is 30.0 Å². The molecule has 7 heteroatoms. The Morgan fingerprint density at radius 2 is 1.77 bits per heavy atom. The minimum absolute atomic E-state index is 0.195. The van der Waals surface area contributed by atoms with Gasteiger partial charge < -0.3 is 20.1 Å². The molecular formula is C23H28N4O3. The Balaban J connectivity index is 1.64. The normalized spacial score (nSPS) is 11.6. The van der Waals surface area contributed by atoms with E-state index >= 15 is 0 Å². The molecule has 1 aromatic heterocycles. The van der Waals surface area contributed by atoms with Crippen molar-refractivity contribution in [2.45, 2.75) is 33.4 Å². The molecule has 0 fully saturated rings. The van der Waals surface area contributed by atoms with Crippen molar-refractivity contribution in [3.05, 3.63) is 71.0 Å². The third kappa shape index (κ3) is 4.56. The molecule has 0 saturated carbocycles. The van der Waals surface area contributed by atoms with Gasteiger partial charge in [-0.05, 0) is 50.6 Å². The van der Waals surface area contributed by atoms with Gasteiger partial charge in [0.05, 0.1) is 31.6 Å². The van der Waals surface area contributed by atoms with Gasteiger partial charge in [-0.3, -0.25) is 0 Å². The fourth-order valence-electron chi connectivity index (χ4n) is 3.37. The topological polar surface area (TPSA) is 77.4 Å². The minimum atomic E-state index is -0.247. The van der Waals surface area contributed by atoms with Gasteiger partial charge in [0.1, 0.15) is 0 Å². The van der Waals surface area contributed by atoms with Crippen LogP contribution in [-0.2, 0) is 6.54 Å². The monoisotopic (exact) mass is 408 g/mol. The summed E-state index contributed by atoms with van der Waals surface area (Å²) in [6.45, 7) is 6.28. The second-order valence-electron chi connectivity index (χ2n) is 7.06. The molecule has 0 aliphatic rings. The Labute approximate surface area is 177 Å². The predicted octanol–water partition coefficient (Wildman–Crippen LogP) is 4.07. The van der Waals surface area contributed by atoms with Crippen molar-refractivity contribution in [3.8, 4) is 17.2 Å². The average Bonchev–Trinajstić information content (AvgIpc) is 3.05. The molecule has 1 unspecified atom stereocenters. The zero-order chi connectivity index (χ0) is 21.7. The van der Waals surface area contributed by atoms with Crippen LogP contribution in [0.3, 0.4) is 0 Å². The SMILES string of the molecule is COc1ccc(C(C)NC(=O)NCc2c(C)nn(-c3ccccc3)c2C)cc1OC. The summed E-state index contributed by atoms with van der Waals surface area (Å²) < 4.78 is 12.5. The maximum absolute atomic E-state index is 12.5. The first kappa shape index (κ1) is 21.2. The number of ether oxygens (including phenoxy) is 2. The van der Waals surface area contributed by atoms with E-state index in [1.54, 1.807) is 14.2 Å². The average molecular weight is 409 g/mol. The van der Waals surface area contributed by atoms with Crippen LogP contribution in [0.4, 0.5) is 4.79 Å². The van der Waals surface area contributed by atoms with Gasteiger partial charge in [0.25, 0.3) is 0 Å². The number of nitrogens with zero attached hydrogens (tertiary/aromatic N) is 2. The first-order chi connectivity index (χ1) is 14.4. The van der Waals surface area contributed by atoms with Gasteiger partial charge in [-0.1, -0.05) is 24.3 Å². The third-order valence-corrected chi connectivity index (χ3v) is 5.12. The summed E-state index contributed by atoms with van der Waals surface area (Å²) in [7, 11) is 3.18. The van der Waals surface area contributed by atoms with Crippen molar-refractivity contribution in [1.29, 1.82) is 0 Å². The van der Waals surface area contributed by atoms with Crippen LogP contribution in [0, 0.1) is 13.8 Å². The molecule has 0 aliphatic carbocycles. The zero-order valence-corrected chi connectivity index (χ0v) is 18.0. The molecule has 3 rings (SSSR count). The quantitative estimate of drug-likeness (QED) is 0.618. The maximum Gasteiger partial charge on any atom is 0.315 e. The van der Waals surface area contributed by atoms with E-state index in [0.29, 0.717) is 18.0 Å². The number of aryl methyl sites for hydroxylation is 1. The van der Waals surface area contributed by atoms with Crippen molar-refractivity contribution >= 4 is 6.03 Å². The van der Waals surface area contributed by atoms with E-state index in [9.17, 15) is 4.79 Å². The second kappa shape index (κ2) is 9.35. The van der Waals surface area contributed by atoms with E-state index in [0.717, 1.165) is 28.2 Å². The number of hydrogen-bond donors (Lipinski definition) is 2. The summed E-state index contributed by atoms with van der Waals surface area (Å²) in [5, 5.41) is 10.5. The molecule has 0 aliphatic heterocycles. The molecule has 30 heavy (non-hydrogen) atoms. The van der Waals surface area contributed by atoms with Crippen LogP contribution in [0.5, 0.6) is 11.5 Å². The van der Waals surface area contributed by atoms with E-state index in [-0.39, 0.29) is 12.1 Å². The van der Waals surface area contributed by atoms with Crippen molar-refractivity contribution < 1.29 is 14.3 Å². The second-order valence-corrected chi connectivity index (χ2v) is 7.06. The van der Waals surface area contributed by atoms with Crippen molar-refractivity contribution in [1.82, 2.24) is 20.4 Å². The summed E-state index contributed by atoms with van der Waals surface area (Å²) in [6.07, 6.45) is 0. The number of nitrogens with one attached hydrogen (secondary N) is 2. The molecule has 1 heterocycles. The molecule has 1 atom stereocenters. The van der Waals surface area contributed by atoms with Crippen LogP contribution in [0.1, 0.15) is 35.5 Å². The van der Waals surface area contributed by atoms with E-state index in [1.165, 1.54) is 0 Å². The summed E-state index contributed by atoms with van der Waals surface area (Å²) in [4.78, 5) is 12.5. The molecule has 3 aromatic rings. The molecule has 0 spiro atoms. The van der Waals surface area contributed by atoms with Crippen LogP contribution in [0.2, 0.25) is 0 Å². The van der Waals surface area contributed by atoms with Gasteiger partial charge in [-0.2, -0.15) is 5.10 Å².